The van der Waals surface area contributed by atoms with Crippen molar-refractivity contribution in [2.45, 2.75) is 32.9 Å². The summed E-state index contributed by atoms with van der Waals surface area (Å²) in [6.07, 6.45) is 0. The van der Waals surface area contributed by atoms with Crippen LogP contribution in [0.3, 0.4) is 0 Å². The normalized spacial score (nSPS) is 16.4. The summed E-state index contributed by atoms with van der Waals surface area (Å²) < 4.78 is 10.8. The molecule has 2 aromatic carbocycles. The predicted molar refractivity (Wildman–Crippen MR) is 119 cm³/mol. The van der Waals surface area contributed by atoms with Crippen LogP contribution in [0.1, 0.15) is 44.0 Å². The van der Waals surface area contributed by atoms with E-state index in [9.17, 15) is 9.59 Å². The fraction of sp³-hybridized carbons (Fsp3) is 0.440. The first-order valence-corrected chi connectivity index (χ1v) is 10.8. The number of amides is 1. The molecule has 1 amide bonds. The highest BCUT2D eigenvalue weighted by Crippen LogP contribution is 2.37. The second kappa shape index (κ2) is 10.6. The molecule has 166 valence electrons. The Kier molecular flexibility index (Phi) is 7.82. The predicted octanol–water partition coefficient (Wildman–Crippen LogP) is 3.51. The van der Waals surface area contributed by atoms with Crippen LogP contribution in [-0.4, -0.2) is 49.7 Å². The lowest BCUT2D eigenvalue weighted by Gasteiger charge is -2.38. The van der Waals surface area contributed by atoms with Gasteiger partial charge in [-0.2, -0.15) is 0 Å². The molecule has 0 saturated carbocycles. The fourth-order valence-corrected chi connectivity index (χ4v) is 3.89. The van der Waals surface area contributed by atoms with E-state index >= 15 is 0 Å². The summed E-state index contributed by atoms with van der Waals surface area (Å²) >= 11 is 0. The van der Waals surface area contributed by atoms with E-state index in [0.717, 1.165) is 11.1 Å². The monoisotopic (exact) mass is 424 g/mol. The van der Waals surface area contributed by atoms with Crippen LogP contribution in [0.5, 0.6) is 0 Å². The molecular weight excluding hydrogens is 392 g/mol. The molecule has 0 unspecified atom stereocenters. The fourth-order valence-electron chi connectivity index (χ4n) is 3.89. The standard InChI is InChI=1S/C25H32N2O4/c1-4-31-24(29)25(2,3)22(20-13-9-6-10-14-20)26-21(19-11-7-5-8-12-19)23(28)27-15-17-30-18-16-27/h5-14,21-22,26H,4,15-18H2,1-3H3/t21-,22+/m1/s1. The Morgan fingerprint density at radius 1 is 1.00 bits per heavy atom. The molecule has 6 heteroatoms. The number of hydrogen-bond donors (Lipinski definition) is 1. The van der Waals surface area contributed by atoms with E-state index in [4.69, 9.17) is 9.47 Å². The zero-order chi connectivity index (χ0) is 22.3. The van der Waals surface area contributed by atoms with E-state index in [0.29, 0.717) is 32.9 Å². The summed E-state index contributed by atoms with van der Waals surface area (Å²) in [5.41, 5.74) is 0.895. The van der Waals surface area contributed by atoms with Crippen molar-refractivity contribution < 1.29 is 19.1 Å². The highest BCUT2D eigenvalue weighted by Gasteiger charge is 2.42. The Morgan fingerprint density at radius 2 is 1.55 bits per heavy atom. The summed E-state index contributed by atoms with van der Waals surface area (Å²) in [5, 5.41) is 3.53. The number of nitrogens with one attached hydrogen (secondary N) is 1. The van der Waals surface area contributed by atoms with Gasteiger partial charge in [0.2, 0.25) is 5.91 Å². The molecule has 31 heavy (non-hydrogen) atoms. The first-order valence-electron chi connectivity index (χ1n) is 10.8. The largest absolute Gasteiger partial charge is 0.466 e. The van der Waals surface area contributed by atoms with Crippen LogP contribution in [0, 0.1) is 5.41 Å². The molecule has 0 spiro atoms. The Labute approximate surface area is 184 Å². The van der Waals surface area contributed by atoms with Crippen molar-refractivity contribution >= 4 is 11.9 Å². The van der Waals surface area contributed by atoms with E-state index in [-0.39, 0.29) is 11.9 Å². The lowest BCUT2D eigenvalue weighted by Crippen LogP contribution is -2.49. The summed E-state index contributed by atoms with van der Waals surface area (Å²) in [4.78, 5) is 28.3. The van der Waals surface area contributed by atoms with E-state index in [2.05, 4.69) is 5.32 Å². The third kappa shape index (κ3) is 5.51. The number of nitrogens with zero attached hydrogens (tertiary/aromatic N) is 1. The third-order valence-corrected chi connectivity index (χ3v) is 5.69. The minimum Gasteiger partial charge on any atom is -0.466 e. The van der Waals surface area contributed by atoms with Crippen LogP contribution < -0.4 is 5.32 Å². The maximum absolute atomic E-state index is 13.6. The number of ether oxygens (including phenoxy) is 2. The van der Waals surface area contributed by atoms with Gasteiger partial charge in [0, 0.05) is 19.1 Å². The van der Waals surface area contributed by atoms with Crippen LogP contribution in [0.15, 0.2) is 60.7 Å². The molecule has 1 N–H and O–H groups in total. The van der Waals surface area contributed by atoms with Crippen molar-refractivity contribution in [2.75, 3.05) is 32.9 Å². The molecular formula is C25H32N2O4. The summed E-state index contributed by atoms with van der Waals surface area (Å²) in [7, 11) is 0. The Bertz CT molecular complexity index is 848. The molecule has 1 saturated heterocycles. The van der Waals surface area contributed by atoms with Crippen molar-refractivity contribution in [2.24, 2.45) is 5.41 Å². The molecule has 0 bridgehead atoms. The highest BCUT2D eigenvalue weighted by atomic mass is 16.5. The van der Waals surface area contributed by atoms with Crippen LogP contribution in [-0.2, 0) is 19.1 Å². The molecule has 2 atom stereocenters. The molecule has 1 heterocycles. The van der Waals surface area contributed by atoms with Gasteiger partial charge in [-0.05, 0) is 31.9 Å². The van der Waals surface area contributed by atoms with Gasteiger partial charge in [0.25, 0.3) is 0 Å². The first-order chi connectivity index (χ1) is 14.9. The number of hydrogen-bond acceptors (Lipinski definition) is 5. The van der Waals surface area contributed by atoms with E-state index in [1.165, 1.54) is 0 Å². The molecule has 0 aromatic heterocycles. The van der Waals surface area contributed by atoms with Gasteiger partial charge in [0.1, 0.15) is 6.04 Å². The van der Waals surface area contributed by atoms with Gasteiger partial charge in [0.15, 0.2) is 0 Å². The van der Waals surface area contributed by atoms with Gasteiger partial charge in [0.05, 0.1) is 25.2 Å². The molecule has 1 fully saturated rings. The molecule has 0 radical (unpaired) electrons. The lowest BCUT2D eigenvalue weighted by atomic mass is 9.79. The average Bonchev–Trinajstić information content (AvgIpc) is 2.81. The number of esters is 1. The highest BCUT2D eigenvalue weighted by molar-refractivity contribution is 5.84. The zero-order valence-electron chi connectivity index (χ0n) is 18.5. The minimum atomic E-state index is -0.893. The zero-order valence-corrected chi connectivity index (χ0v) is 18.5. The number of morpholine rings is 1. The van der Waals surface area contributed by atoms with Gasteiger partial charge in [-0.1, -0.05) is 60.7 Å². The molecule has 0 aliphatic carbocycles. The van der Waals surface area contributed by atoms with Gasteiger partial charge >= 0.3 is 5.97 Å². The average molecular weight is 425 g/mol. The molecule has 6 nitrogen and oxygen atoms in total. The second-order valence-corrected chi connectivity index (χ2v) is 8.23. The van der Waals surface area contributed by atoms with Crippen molar-refractivity contribution in [1.82, 2.24) is 10.2 Å². The van der Waals surface area contributed by atoms with Crippen LogP contribution >= 0.6 is 0 Å². The Hall–Kier alpha value is -2.70. The van der Waals surface area contributed by atoms with Crippen molar-refractivity contribution in [1.29, 1.82) is 0 Å². The Morgan fingerprint density at radius 3 is 2.10 bits per heavy atom. The van der Waals surface area contributed by atoms with Gasteiger partial charge in [-0.3, -0.25) is 14.9 Å². The summed E-state index contributed by atoms with van der Waals surface area (Å²) in [6, 6.07) is 18.4. The molecule has 2 aromatic rings. The first kappa shape index (κ1) is 23.0. The van der Waals surface area contributed by atoms with Crippen LogP contribution in [0.2, 0.25) is 0 Å². The van der Waals surface area contributed by atoms with Crippen LogP contribution in [0.25, 0.3) is 0 Å². The van der Waals surface area contributed by atoms with E-state index in [1.807, 2.05) is 79.4 Å². The van der Waals surface area contributed by atoms with Gasteiger partial charge < -0.3 is 14.4 Å². The molecule has 3 rings (SSSR count). The Balaban J connectivity index is 1.99. The van der Waals surface area contributed by atoms with Crippen molar-refractivity contribution in [3.8, 4) is 0 Å². The van der Waals surface area contributed by atoms with Gasteiger partial charge in [-0.25, -0.2) is 0 Å². The quantitative estimate of drug-likeness (QED) is 0.657. The topological polar surface area (TPSA) is 67.9 Å². The number of carbonyl (C=O) groups is 2. The van der Waals surface area contributed by atoms with Crippen LogP contribution in [0.4, 0.5) is 0 Å². The molecule has 1 aliphatic rings. The summed E-state index contributed by atoms with van der Waals surface area (Å²) in [5.74, 6) is -0.322. The number of benzene rings is 2. The van der Waals surface area contributed by atoms with Gasteiger partial charge in [-0.15, -0.1) is 0 Å². The van der Waals surface area contributed by atoms with Crippen molar-refractivity contribution in [3.63, 3.8) is 0 Å². The maximum Gasteiger partial charge on any atom is 0.313 e. The lowest BCUT2D eigenvalue weighted by molar-refractivity contribution is -0.156. The molecule has 1 aliphatic heterocycles. The second-order valence-electron chi connectivity index (χ2n) is 8.23. The minimum absolute atomic E-state index is 0.0184. The van der Waals surface area contributed by atoms with E-state index in [1.54, 1.807) is 6.92 Å². The number of carbonyl (C=O) groups excluding carboxylic acids is 2. The number of rotatable bonds is 8. The smallest absolute Gasteiger partial charge is 0.313 e. The van der Waals surface area contributed by atoms with Crippen molar-refractivity contribution in [3.05, 3.63) is 71.8 Å². The maximum atomic E-state index is 13.6. The third-order valence-electron chi connectivity index (χ3n) is 5.69. The SMILES string of the molecule is CCOC(=O)C(C)(C)[C@@H](N[C@@H](C(=O)N1CCOCC1)c1ccccc1)c1ccccc1. The van der Waals surface area contributed by atoms with E-state index < -0.39 is 17.5 Å². The summed E-state index contributed by atoms with van der Waals surface area (Å²) in [6.45, 7) is 8.00.